The Labute approximate surface area is 335 Å². The van der Waals surface area contributed by atoms with Gasteiger partial charge in [0.05, 0.1) is 38.1 Å². The third kappa shape index (κ3) is 10.8. The molecule has 0 bridgehead atoms. The average Bonchev–Trinajstić information content (AvgIpc) is 3.16. The Morgan fingerprint density at radius 2 is 1.25 bits per heavy atom. The van der Waals surface area contributed by atoms with E-state index in [1.54, 1.807) is 0 Å². The zero-order chi connectivity index (χ0) is 44.3. The Bertz CT molecular complexity index is 1450. The van der Waals surface area contributed by atoms with Crippen molar-refractivity contribution < 1.29 is 114 Å². The van der Waals surface area contributed by atoms with Crippen LogP contribution in [-0.2, 0) is 52.3 Å². The SMILES string of the molecule is CC(=O)N[C@@H]1[C@@H](O[C@@H]2O[C@@H](C)[C@@H](O)[C@@H](O)[C@@H]2O)[C@H](O[C@@H]2O[C@H](CO)[C@H](O)[C@H](O[C@]3(C(=O)O)C[C@H](O)[C@@H](NC(C)=O)[C@H]([C@H](O)[C@H](O)CO)O3)[C@H]2NC(C)=O)[C@@H](CO)O[C@H]1O. The number of hydrogen-bond donors (Lipinski definition) is 15. The van der Waals surface area contributed by atoms with Crippen LogP contribution in [0.25, 0.3) is 0 Å². The van der Waals surface area contributed by atoms with E-state index >= 15 is 0 Å². The highest BCUT2D eigenvalue weighted by molar-refractivity contribution is 5.77. The first-order valence-electron chi connectivity index (χ1n) is 18.6. The van der Waals surface area contributed by atoms with Crippen molar-refractivity contribution in [3.05, 3.63) is 0 Å². The van der Waals surface area contributed by atoms with Gasteiger partial charge in [-0.3, -0.25) is 14.4 Å². The number of ether oxygens (including phenoxy) is 7. The zero-order valence-corrected chi connectivity index (χ0v) is 32.2. The molecule has 4 aliphatic rings. The van der Waals surface area contributed by atoms with E-state index in [2.05, 4.69) is 16.0 Å². The molecule has 26 heteroatoms. The van der Waals surface area contributed by atoms with Gasteiger partial charge in [0.1, 0.15) is 85.3 Å². The molecule has 15 N–H and O–H groups in total. The van der Waals surface area contributed by atoms with Gasteiger partial charge in [0.2, 0.25) is 17.7 Å². The monoisotopic (exact) mass is 861 g/mol. The molecule has 0 aliphatic carbocycles. The summed E-state index contributed by atoms with van der Waals surface area (Å²) < 4.78 is 40.7. The van der Waals surface area contributed by atoms with Gasteiger partial charge in [0.15, 0.2) is 18.9 Å². The molecule has 21 atom stereocenters. The van der Waals surface area contributed by atoms with Crippen LogP contribution in [0, 0.1) is 0 Å². The molecule has 4 heterocycles. The fraction of sp³-hybridized carbons (Fsp3) is 0.879. The second-order valence-electron chi connectivity index (χ2n) is 14.8. The largest absolute Gasteiger partial charge is 0.477 e. The minimum atomic E-state index is -3.12. The van der Waals surface area contributed by atoms with Crippen molar-refractivity contribution in [2.45, 2.75) is 162 Å². The molecule has 340 valence electrons. The maximum Gasteiger partial charge on any atom is 0.364 e. The van der Waals surface area contributed by atoms with E-state index in [4.69, 9.17) is 33.2 Å². The van der Waals surface area contributed by atoms with Crippen LogP contribution in [-0.4, -0.2) is 233 Å². The van der Waals surface area contributed by atoms with Gasteiger partial charge in [0.25, 0.3) is 5.79 Å². The molecule has 0 radical (unpaired) electrons. The van der Waals surface area contributed by atoms with Crippen molar-refractivity contribution in [1.29, 1.82) is 0 Å². The number of carboxylic acid groups (broad SMARTS) is 1. The molecule has 0 aromatic carbocycles. The second-order valence-corrected chi connectivity index (χ2v) is 14.8. The lowest BCUT2D eigenvalue weighted by Gasteiger charge is -2.52. The minimum Gasteiger partial charge on any atom is -0.477 e. The number of nitrogens with one attached hydrogen (secondary N) is 3. The van der Waals surface area contributed by atoms with Gasteiger partial charge < -0.3 is 110 Å². The van der Waals surface area contributed by atoms with E-state index in [9.17, 15) is 80.5 Å². The first-order chi connectivity index (χ1) is 27.6. The van der Waals surface area contributed by atoms with Crippen molar-refractivity contribution >= 4 is 23.7 Å². The fourth-order valence-corrected chi connectivity index (χ4v) is 7.40. The quantitative estimate of drug-likeness (QED) is 0.0727. The molecule has 0 aromatic heterocycles. The number of carbonyl (C=O) groups is 4. The number of amides is 3. The molecule has 4 rings (SSSR count). The smallest absolute Gasteiger partial charge is 0.364 e. The number of carbonyl (C=O) groups excluding carboxylic acids is 3. The number of rotatable bonds is 15. The lowest BCUT2D eigenvalue weighted by Crippen LogP contribution is -2.73. The predicted molar refractivity (Wildman–Crippen MR) is 184 cm³/mol. The normalized spacial score (nSPS) is 43.8. The average molecular weight is 862 g/mol. The second kappa shape index (κ2) is 20.4. The van der Waals surface area contributed by atoms with Crippen LogP contribution in [0.5, 0.6) is 0 Å². The van der Waals surface area contributed by atoms with Gasteiger partial charge in [-0.15, -0.1) is 0 Å². The number of hydrogen-bond acceptors (Lipinski definition) is 22. The third-order valence-corrected chi connectivity index (χ3v) is 10.3. The van der Waals surface area contributed by atoms with Gasteiger partial charge in [-0.1, -0.05) is 0 Å². The molecular weight excluding hydrogens is 806 g/mol. The highest BCUT2D eigenvalue weighted by Gasteiger charge is 2.61. The highest BCUT2D eigenvalue weighted by atomic mass is 16.8. The molecule has 4 aliphatic heterocycles. The van der Waals surface area contributed by atoms with Crippen molar-refractivity contribution in [3.63, 3.8) is 0 Å². The van der Waals surface area contributed by atoms with E-state index in [1.165, 1.54) is 6.92 Å². The molecule has 3 amide bonds. The third-order valence-electron chi connectivity index (χ3n) is 10.3. The maximum atomic E-state index is 13.1. The van der Waals surface area contributed by atoms with Gasteiger partial charge in [-0.2, -0.15) is 0 Å². The Morgan fingerprint density at radius 3 is 1.80 bits per heavy atom. The molecule has 0 spiro atoms. The molecular formula is C33H55N3O23. The van der Waals surface area contributed by atoms with E-state index < -0.39 is 178 Å². The van der Waals surface area contributed by atoms with Crippen LogP contribution in [0.4, 0.5) is 0 Å². The standard InChI is InChI=1S/C33H55N3O23/c1-9-20(45)23(48)24(49)31(53-9)57-28-18(35-11(3)41)29(50)54-16(8-39)25(28)56-30-19(36-12(4)42)27(22(47)15(7-38)55-30)59-33(32(51)52)5-13(43)17(34-10(2)40)26(58-33)21(46)14(44)6-37/h9,13-31,37-39,43-50H,5-8H2,1-4H3,(H,34,40)(H,35,41)(H,36,42)(H,51,52)/t9-,13-,14+,15+,16+,17+,18+,19+,20+,21+,22-,23+,24-,25+,26+,27+,28+,29+,30-,31-,33-/m0/s1. The lowest BCUT2D eigenvalue weighted by molar-refractivity contribution is -0.377. The van der Waals surface area contributed by atoms with Crippen LogP contribution < -0.4 is 16.0 Å². The highest BCUT2D eigenvalue weighted by Crippen LogP contribution is 2.39. The summed E-state index contributed by atoms with van der Waals surface area (Å²) in [6, 6.07) is -5.12. The van der Waals surface area contributed by atoms with E-state index in [0.29, 0.717) is 0 Å². The van der Waals surface area contributed by atoms with E-state index in [0.717, 1.165) is 20.8 Å². The van der Waals surface area contributed by atoms with Crippen LogP contribution in [0.2, 0.25) is 0 Å². The predicted octanol–water partition coefficient (Wildman–Crippen LogP) is -9.08. The molecule has 4 fully saturated rings. The minimum absolute atomic E-state index is 0.771. The number of carboxylic acids is 1. The zero-order valence-electron chi connectivity index (χ0n) is 32.2. The molecule has 59 heavy (non-hydrogen) atoms. The number of aliphatic carboxylic acids is 1. The van der Waals surface area contributed by atoms with E-state index in [1.807, 2.05) is 0 Å². The first-order valence-corrected chi connectivity index (χ1v) is 18.6. The van der Waals surface area contributed by atoms with Gasteiger partial charge in [-0.05, 0) is 6.92 Å². The molecule has 4 saturated heterocycles. The van der Waals surface area contributed by atoms with Crippen LogP contribution in [0.15, 0.2) is 0 Å². The summed E-state index contributed by atoms with van der Waals surface area (Å²) in [7, 11) is 0. The van der Waals surface area contributed by atoms with Crippen LogP contribution in [0.3, 0.4) is 0 Å². The van der Waals surface area contributed by atoms with Crippen LogP contribution >= 0.6 is 0 Å². The summed E-state index contributed by atoms with van der Waals surface area (Å²) in [5.41, 5.74) is 0. The summed E-state index contributed by atoms with van der Waals surface area (Å²) >= 11 is 0. The number of aliphatic hydroxyl groups is 11. The Morgan fingerprint density at radius 1 is 0.695 bits per heavy atom. The molecule has 0 saturated carbocycles. The maximum absolute atomic E-state index is 13.1. The Balaban J connectivity index is 1.79. The Hall–Kier alpha value is -2.84. The van der Waals surface area contributed by atoms with E-state index in [-0.39, 0.29) is 0 Å². The first kappa shape index (κ1) is 48.8. The van der Waals surface area contributed by atoms with Crippen LogP contribution in [0.1, 0.15) is 34.1 Å². The lowest BCUT2D eigenvalue weighted by atomic mass is 9.88. The summed E-state index contributed by atoms with van der Waals surface area (Å²) in [6.45, 7) is 1.25. The van der Waals surface area contributed by atoms with Crippen molar-refractivity contribution in [2.75, 3.05) is 19.8 Å². The summed E-state index contributed by atoms with van der Waals surface area (Å²) in [5, 5.41) is 134. The molecule has 26 nitrogen and oxygen atoms in total. The number of aliphatic hydroxyl groups excluding tert-OH is 11. The fourth-order valence-electron chi connectivity index (χ4n) is 7.40. The van der Waals surface area contributed by atoms with Crippen molar-refractivity contribution in [2.24, 2.45) is 0 Å². The van der Waals surface area contributed by atoms with Gasteiger partial charge in [0, 0.05) is 27.2 Å². The summed E-state index contributed by atoms with van der Waals surface area (Å²) in [4.78, 5) is 50.1. The van der Waals surface area contributed by atoms with Gasteiger partial charge in [-0.25, -0.2) is 4.79 Å². The van der Waals surface area contributed by atoms with Crippen molar-refractivity contribution in [3.8, 4) is 0 Å². The van der Waals surface area contributed by atoms with Gasteiger partial charge >= 0.3 is 5.97 Å². The van der Waals surface area contributed by atoms with Crippen molar-refractivity contribution in [1.82, 2.24) is 16.0 Å². The Kier molecular flexibility index (Phi) is 16.8. The topological polar surface area (TPSA) is 412 Å². The summed E-state index contributed by atoms with van der Waals surface area (Å²) in [6.07, 6.45) is -32.7. The molecule has 0 unspecified atom stereocenters. The molecule has 0 aromatic rings. The summed E-state index contributed by atoms with van der Waals surface area (Å²) in [5.74, 6) is -7.59.